The number of carbonyl (C=O) groups excluding carboxylic acids is 1. The first-order valence-corrected chi connectivity index (χ1v) is 5.29. The minimum atomic E-state index is -0.377. The Kier molecular flexibility index (Phi) is 3.52. The quantitative estimate of drug-likeness (QED) is 0.772. The van der Waals surface area contributed by atoms with Crippen LogP contribution in [0.2, 0.25) is 0 Å². The fraction of sp³-hybridized carbons (Fsp3) is 0.154. The van der Waals surface area contributed by atoms with Crippen LogP contribution < -0.4 is 4.74 Å². The number of carbonyl (C=O) groups is 1. The largest absolute Gasteiger partial charge is 0.481 e. The van der Waals surface area contributed by atoms with Crippen molar-refractivity contribution in [3.8, 4) is 17.1 Å². The maximum atomic E-state index is 11.4. The van der Waals surface area contributed by atoms with Crippen LogP contribution in [0.25, 0.3) is 11.3 Å². The summed E-state index contributed by atoms with van der Waals surface area (Å²) in [5.74, 6) is 0.0985. The smallest absolute Gasteiger partial charge is 0.337 e. The standard InChI is InChI=1S/C13H12N2O3/c1-17-12-7-11(14-8-15-12)9-4-3-5-10(6-9)13(16)18-2/h3-8H,1-2H3. The highest BCUT2D eigenvalue weighted by Gasteiger charge is 2.08. The molecule has 0 spiro atoms. The number of methoxy groups -OCH3 is 2. The normalized spacial score (nSPS) is 9.89. The van der Waals surface area contributed by atoms with Crippen molar-refractivity contribution >= 4 is 5.97 Å². The van der Waals surface area contributed by atoms with Gasteiger partial charge in [-0.15, -0.1) is 0 Å². The predicted octanol–water partition coefficient (Wildman–Crippen LogP) is 1.94. The van der Waals surface area contributed by atoms with E-state index in [1.54, 1.807) is 24.3 Å². The molecule has 0 radical (unpaired) electrons. The van der Waals surface area contributed by atoms with Crippen molar-refractivity contribution < 1.29 is 14.3 Å². The van der Waals surface area contributed by atoms with Crippen LogP contribution in [0.5, 0.6) is 5.88 Å². The molecule has 2 aromatic rings. The zero-order valence-electron chi connectivity index (χ0n) is 10.1. The van der Waals surface area contributed by atoms with Gasteiger partial charge in [-0.05, 0) is 12.1 Å². The Hall–Kier alpha value is -2.43. The molecule has 2 rings (SSSR count). The van der Waals surface area contributed by atoms with Gasteiger partial charge in [-0.1, -0.05) is 12.1 Å². The Balaban J connectivity index is 2.41. The first-order valence-electron chi connectivity index (χ1n) is 5.29. The van der Waals surface area contributed by atoms with E-state index < -0.39 is 0 Å². The van der Waals surface area contributed by atoms with Gasteiger partial charge in [-0.25, -0.2) is 14.8 Å². The second kappa shape index (κ2) is 5.27. The maximum absolute atomic E-state index is 11.4. The molecule has 5 nitrogen and oxygen atoms in total. The molecular formula is C13H12N2O3. The van der Waals surface area contributed by atoms with Crippen LogP contribution in [0.1, 0.15) is 10.4 Å². The second-order valence-corrected chi connectivity index (χ2v) is 3.52. The summed E-state index contributed by atoms with van der Waals surface area (Å²) in [5, 5.41) is 0. The molecule has 1 heterocycles. The third-order valence-electron chi connectivity index (χ3n) is 2.43. The molecule has 0 aliphatic heterocycles. The number of ether oxygens (including phenoxy) is 2. The Morgan fingerprint density at radius 1 is 1.17 bits per heavy atom. The van der Waals surface area contributed by atoms with Gasteiger partial charge >= 0.3 is 5.97 Å². The topological polar surface area (TPSA) is 61.3 Å². The number of hydrogen-bond donors (Lipinski definition) is 0. The zero-order chi connectivity index (χ0) is 13.0. The molecule has 0 saturated heterocycles. The number of esters is 1. The third kappa shape index (κ3) is 2.45. The van der Waals surface area contributed by atoms with E-state index in [0.29, 0.717) is 17.1 Å². The Labute approximate surface area is 104 Å². The van der Waals surface area contributed by atoms with E-state index in [-0.39, 0.29) is 5.97 Å². The molecule has 0 aliphatic rings. The number of rotatable bonds is 3. The fourth-order valence-corrected chi connectivity index (χ4v) is 1.53. The highest BCUT2D eigenvalue weighted by Crippen LogP contribution is 2.20. The molecule has 1 aromatic heterocycles. The van der Waals surface area contributed by atoms with Gasteiger partial charge < -0.3 is 9.47 Å². The number of aromatic nitrogens is 2. The predicted molar refractivity (Wildman–Crippen MR) is 65.4 cm³/mol. The summed E-state index contributed by atoms with van der Waals surface area (Å²) < 4.78 is 9.71. The van der Waals surface area contributed by atoms with Gasteiger partial charge in [0.1, 0.15) is 6.33 Å². The number of benzene rings is 1. The molecule has 0 fully saturated rings. The monoisotopic (exact) mass is 244 g/mol. The maximum Gasteiger partial charge on any atom is 0.337 e. The lowest BCUT2D eigenvalue weighted by Crippen LogP contribution is -2.01. The summed E-state index contributed by atoms with van der Waals surface area (Å²) in [7, 11) is 2.89. The lowest BCUT2D eigenvalue weighted by atomic mass is 10.1. The van der Waals surface area contributed by atoms with Crippen molar-refractivity contribution in [3.05, 3.63) is 42.2 Å². The van der Waals surface area contributed by atoms with Crippen molar-refractivity contribution in [1.82, 2.24) is 9.97 Å². The lowest BCUT2D eigenvalue weighted by molar-refractivity contribution is 0.0601. The molecule has 0 atom stereocenters. The lowest BCUT2D eigenvalue weighted by Gasteiger charge is -2.04. The molecule has 18 heavy (non-hydrogen) atoms. The second-order valence-electron chi connectivity index (χ2n) is 3.52. The molecule has 0 aliphatic carbocycles. The van der Waals surface area contributed by atoms with Crippen LogP contribution in [0, 0.1) is 0 Å². The number of hydrogen-bond acceptors (Lipinski definition) is 5. The minimum Gasteiger partial charge on any atom is -0.481 e. The van der Waals surface area contributed by atoms with Crippen molar-refractivity contribution in [2.24, 2.45) is 0 Å². The molecule has 5 heteroatoms. The Bertz CT molecular complexity index is 570. The summed E-state index contributed by atoms with van der Waals surface area (Å²) in [6.07, 6.45) is 1.42. The molecule has 0 bridgehead atoms. The molecule has 0 saturated carbocycles. The van der Waals surface area contributed by atoms with E-state index >= 15 is 0 Å². The van der Waals surface area contributed by atoms with E-state index in [1.165, 1.54) is 20.5 Å². The van der Waals surface area contributed by atoms with E-state index in [9.17, 15) is 4.79 Å². The van der Waals surface area contributed by atoms with Gasteiger partial charge in [0.25, 0.3) is 0 Å². The molecule has 0 unspecified atom stereocenters. The summed E-state index contributed by atoms with van der Waals surface area (Å²) in [4.78, 5) is 19.5. The summed E-state index contributed by atoms with van der Waals surface area (Å²) in [6.45, 7) is 0. The fourth-order valence-electron chi connectivity index (χ4n) is 1.53. The molecule has 92 valence electrons. The van der Waals surface area contributed by atoms with Crippen molar-refractivity contribution in [3.63, 3.8) is 0 Å². The SMILES string of the molecule is COC(=O)c1cccc(-c2cc(OC)ncn2)c1. The Morgan fingerprint density at radius 3 is 2.72 bits per heavy atom. The zero-order valence-corrected chi connectivity index (χ0v) is 10.1. The van der Waals surface area contributed by atoms with Crippen molar-refractivity contribution in [2.75, 3.05) is 14.2 Å². The summed E-state index contributed by atoms with van der Waals surface area (Å²) >= 11 is 0. The van der Waals surface area contributed by atoms with Crippen molar-refractivity contribution in [2.45, 2.75) is 0 Å². The first kappa shape index (κ1) is 12.0. The minimum absolute atomic E-state index is 0.377. The first-order chi connectivity index (χ1) is 8.74. The van der Waals surface area contributed by atoms with E-state index in [0.717, 1.165) is 5.56 Å². The highest BCUT2D eigenvalue weighted by molar-refractivity contribution is 5.90. The van der Waals surface area contributed by atoms with Gasteiger partial charge in [0, 0.05) is 11.6 Å². The molecule has 1 aromatic carbocycles. The van der Waals surface area contributed by atoms with Crippen LogP contribution in [0.3, 0.4) is 0 Å². The van der Waals surface area contributed by atoms with Gasteiger partial charge in [-0.3, -0.25) is 0 Å². The highest BCUT2D eigenvalue weighted by atomic mass is 16.5. The van der Waals surface area contributed by atoms with Gasteiger partial charge in [0.05, 0.1) is 25.5 Å². The average Bonchev–Trinajstić information content (AvgIpc) is 2.46. The number of nitrogens with zero attached hydrogens (tertiary/aromatic N) is 2. The van der Waals surface area contributed by atoms with Crippen molar-refractivity contribution in [1.29, 1.82) is 0 Å². The van der Waals surface area contributed by atoms with Gasteiger partial charge in [0.2, 0.25) is 5.88 Å². The average molecular weight is 244 g/mol. The van der Waals surface area contributed by atoms with Gasteiger partial charge in [0.15, 0.2) is 0 Å². The van der Waals surface area contributed by atoms with E-state index in [2.05, 4.69) is 14.7 Å². The van der Waals surface area contributed by atoms with Crippen LogP contribution in [0.4, 0.5) is 0 Å². The van der Waals surface area contributed by atoms with Crippen LogP contribution >= 0.6 is 0 Å². The molecular weight excluding hydrogens is 232 g/mol. The molecule has 0 N–H and O–H groups in total. The van der Waals surface area contributed by atoms with E-state index in [1.807, 2.05) is 6.07 Å². The summed E-state index contributed by atoms with van der Waals surface area (Å²) in [5.41, 5.74) is 1.97. The summed E-state index contributed by atoms with van der Waals surface area (Å²) in [6, 6.07) is 8.74. The Morgan fingerprint density at radius 2 is 2.00 bits per heavy atom. The van der Waals surface area contributed by atoms with Gasteiger partial charge in [-0.2, -0.15) is 0 Å². The van der Waals surface area contributed by atoms with Crippen LogP contribution in [-0.2, 0) is 4.74 Å². The van der Waals surface area contributed by atoms with Crippen LogP contribution in [-0.4, -0.2) is 30.2 Å². The van der Waals surface area contributed by atoms with Crippen LogP contribution in [0.15, 0.2) is 36.7 Å². The molecule has 0 amide bonds. The third-order valence-corrected chi connectivity index (χ3v) is 2.43. The van der Waals surface area contributed by atoms with E-state index in [4.69, 9.17) is 4.74 Å².